The second-order valence-corrected chi connectivity index (χ2v) is 7.83. The van der Waals surface area contributed by atoms with Crippen LogP contribution in [0.3, 0.4) is 0 Å². The van der Waals surface area contributed by atoms with Crippen LogP contribution in [0.15, 0.2) is 24.3 Å². The summed E-state index contributed by atoms with van der Waals surface area (Å²) in [6.45, 7) is 3.50. The largest absolute Gasteiger partial charge is 0.494 e. The van der Waals surface area contributed by atoms with E-state index < -0.39 is 11.4 Å². The molecule has 0 unspecified atom stereocenters. The van der Waals surface area contributed by atoms with Crippen LogP contribution < -0.4 is 10.1 Å². The molecule has 0 radical (unpaired) electrons. The number of aliphatic carboxylic acids is 1. The molecule has 1 aromatic carbocycles. The standard InChI is InChI=1S/C20H26N2O4/c1-2-26-15-7-3-5-13(9-15)16-10-17(16)21-19(25)22-11-14-6-4-8-20(14,12-22)18(23)24/h3,5,7,9,14,16-17H,2,4,6,8,10-12H2,1H3,(H,21,25)(H,23,24)/t14-,16-,17+,20+/m0/s1. The Morgan fingerprint density at radius 3 is 3.00 bits per heavy atom. The van der Waals surface area contributed by atoms with E-state index in [-0.39, 0.29) is 18.0 Å². The molecule has 4 rings (SSSR count). The van der Waals surface area contributed by atoms with Crippen LogP contribution in [-0.2, 0) is 4.79 Å². The summed E-state index contributed by atoms with van der Waals surface area (Å²) in [5.41, 5.74) is 0.466. The van der Waals surface area contributed by atoms with E-state index in [1.165, 1.54) is 5.56 Å². The number of hydrogen-bond acceptors (Lipinski definition) is 3. The second-order valence-electron chi connectivity index (χ2n) is 7.83. The predicted octanol–water partition coefficient (Wildman–Crippen LogP) is 2.84. The van der Waals surface area contributed by atoms with Crippen LogP contribution in [0, 0.1) is 11.3 Å². The van der Waals surface area contributed by atoms with E-state index >= 15 is 0 Å². The van der Waals surface area contributed by atoms with Crippen molar-refractivity contribution in [2.75, 3.05) is 19.7 Å². The van der Waals surface area contributed by atoms with Gasteiger partial charge in [0.05, 0.1) is 12.0 Å². The Kier molecular flexibility index (Phi) is 4.29. The third-order valence-corrected chi connectivity index (χ3v) is 6.28. The number of fused-ring (bicyclic) bond motifs is 1. The molecule has 3 fully saturated rings. The fourth-order valence-corrected chi connectivity index (χ4v) is 4.77. The molecule has 6 nitrogen and oxygen atoms in total. The fourth-order valence-electron chi connectivity index (χ4n) is 4.77. The molecule has 2 N–H and O–H groups in total. The minimum Gasteiger partial charge on any atom is -0.494 e. The van der Waals surface area contributed by atoms with E-state index in [0.29, 0.717) is 32.0 Å². The number of nitrogens with zero attached hydrogens (tertiary/aromatic N) is 1. The Hall–Kier alpha value is -2.24. The van der Waals surface area contributed by atoms with Crippen molar-refractivity contribution in [3.05, 3.63) is 29.8 Å². The van der Waals surface area contributed by atoms with Gasteiger partial charge in [0, 0.05) is 25.0 Å². The zero-order valence-corrected chi connectivity index (χ0v) is 15.1. The number of nitrogens with one attached hydrogen (secondary N) is 1. The van der Waals surface area contributed by atoms with E-state index in [0.717, 1.165) is 25.0 Å². The molecule has 1 heterocycles. The number of ether oxygens (including phenoxy) is 1. The van der Waals surface area contributed by atoms with Crippen LogP contribution in [-0.4, -0.2) is 47.7 Å². The Morgan fingerprint density at radius 2 is 2.27 bits per heavy atom. The maximum absolute atomic E-state index is 12.6. The number of rotatable bonds is 5. The molecule has 2 aliphatic carbocycles. The Balaban J connectivity index is 1.36. The summed E-state index contributed by atoms with van der Waals surface area (Å²) in [5.74, 6) is 0.531. The van der Waals surface area contributed by atoms with Crippen LogP contribution in [0.5, 0.6) is 5.75 Å². The first kappa shape index (κ1) is 17.2. The lowest BCUT2D eigenvalue weighted by atomic mass is 9.81. The number of likely N-dealkylation sites (tertiary alicyclic amines) is 1. The molecular formula is C20H26N2O4. The molecule has 0 bridgehead atoms. The quantitative estimate of drug-likeness (QED) is 0.848. The number of carbonyl (C=O) groups excluding carboxylic acids is 1. The van der Waals surface area contributed by atoms with E-state index in [1.54, 1.807) is 4.90 Å². The molecule has 1 aromatic rings. The molecule has 1 aliphatic heterocycles. The van der Waals surface area contributed by atoms with E-state index in [4.69, 9.17) is 4.74 Å². The van der Waals surface area contributed by atoms with E-state index in [2.05, 4.69) is 11.4 Å². The van der Waals surface area contributed by atoms with Crippen molar-refractivity contribution >= 4 is 12.0 Å². The molecule has 4 atom stereocenters. The number of benzene rings is 1. The Labute approximate surface area is 153 Å². The fraction of sp³-hybridized carbons (Fsp3) is 0.600. The first-order valence-electron chi connectivity index (χ1n) is 9.55. The van der Waals surface area contributed by atoms with Crippen molar-refractivity contribution in [2.24, 2.45) is 11.3 Å². The molecule has 26 heavy (non-hydrogen) atoms. The zero-order chi connectivity index (χ0) is 18.3. The van der Waals surface area contributed by atoms with Crippen molar-refractivity contribution in [1.29, 1.82) is 0 Å². The SMILES string of the molecule is CCOc1cccc([C@@H]2C[C@H]2NC(=O)N2C[C@@H]3CCC[C@@]3(C(=O)O)C2)c1. The Bertz CT molecular complexity index is 722. The molecule has 1 saturated heterocycles. The number of urea groups is 1. The van der Waals surface area contributed by atoms with Crippen molar-refractivity contribution in [3.8, 4) is 5.75 Å². The van der Waals surface area contributed by atoms with Gasteiger partial charge in [0.1, 0.15) is 5.75 Å². The monoisotopic (exact) mass is 358 g/mol. The van der Waals surface area contributed by atoms with E-state index in [1.807, 2.05) is 25.1 Å². The first-order chi connectivity index (χ1) is 12.5. The number of carbonyl (C=O) groups is 2. The van der Waals surface area contributed by atoms with Crippen molar-refractivity contribution in [1.82, 2.24) is 10.2 Å². The Morgan fingerprint density at radius 1 is 1.42 bits per heavy atom. The number of carboxylic acid groups (broad SMARTS) is 1. The van der Waals surface area contributed by atoms with Gasteiger partial charge in [-0.25, -0.2) is 4.79 Å². The summed E-state index contributed by atoms with van der Waals surface area (Å²) >= 11 is 0. The van der Waals surface area contributed by atoms with Gasteiger partial charge in [-0.05, 0) is 49.8 Å². The molecular weight excluding hydrogens is 332 g/mol. The average Bonchev–Trinajstić information content (AvgIpc) is 3.08. The highest BCUT2D eigenvalue weighted by Gasteiger charge is 2.56. The smallest absolute Gasteiger partial charge is 0.317 e. The van der Waals surface area contributed by atoms with Gasteiger partial charge in [0.25, 0.3) is 0 Å². The molecule has 140 valence electrons. The van der Waals surface area contributed by atoms with Crippen molar-refractivity contribution < 1.29 is 19.4 Å². The highest BCUT2D eigenvalue weighted by atomic mass is 16.5. The van der Waals surface area contributed by atoms with Crippen LogP contribution in [0.2, 0.25) is 0 Å². The highest BCUT2D eigenvalue weighted by Crippen LogP contribution is 2.49. The second kappa shape index (κ2) is 6.49. The van der Waals surface area contributed by atoms with Gasteiger partial charge in [-0.2, -0.15) is 0 Å². The van der Waals surface area contributed by atoms with Gasteiger partial charge in [0.2, 0.25) is 0 Å². The molecule has 3 aliphatic rings. The van der Waals surface area contributed by atoms with Gasteiger partial charge in [-0.1, -0.05) is 18.6 Å². The summed E-state index contributed by atoms with van der Waals surface area (Å²) in [6.07, 6.45) is 3.47. The summed E-state index contributed by atoms with van der Waals surface area (Å²) in [4.78, 5) is 26.1. The minimum atomic E-state index is -0.743. The predicted molar refractivity (Wildman–Crippen MR) is 96.3 cm³/mol. The van der Waals surface area contributed by atoms with Crippen LogP contribution >= 0.6 is 0 Å². The summed E-state index contributed by atoms with van der Waals surface area (Å²) in [5, 5.41) is 12.8. The zero-order valence-electron chi connectivity index (χ0n) is 15.1. The minimum absolute atomic E-state index is 0.101. The van der Waals surface area contributed by atoms with Crippen molar-refractivity contribution in [2.45, 2.75) is 44.6 Å². The van der Waals surface area contributed by atoms with Gasteiger partial charge in [-0.15, -0.1) is 0 Å². The molecule has 6 heteroatoms. The van der Waals surface area contributed by atoms with Gasteiger partial charge in [-0.3, -0.25) is 4.79 Å². The van der Waals surface area contributed by atoms with Crippen LogP contribution in [0.4, 0.5) is 4.79 Å². The molecule has 2 saturated carbocycles. The first-order valence-corrected chi connectivity index (χ1v) is 9.55. The summed E-state index contributed by atoms with van der Waals surface area (Å²) in [7, 11) is 0. The maximum atomic E-state index is 12.6. The lowest BCUT2D eigenvalue weighted by molar-refractivity contribution is -0.149. The summed E-state index contributed by atoms with van der Waals surface area (Å²) in [6, 6.07) is 8.04. The number of amides is 2. The van der Waals surface area contributed by atoms with Crippen molar-refractivity contribution in [3.63, 3.8) is 0 Å². The van der Waals surface area contributed by atoms with Gasteiger partial charge >= 0.3 is 12.0 Å². The third kappa shape index (κ3) is 2.91. The average molecular weight is 358 g/mol. The summed E-state index contributed by atoms with van der Waals surface area (Å²) < 4.78 is 5.55. The lowest BCUT2D eigenvalue weighted by Crippen LogP contribution is -2.42. The third-order valence-electron chi connectivity index (χ3n) is 6.28. The van der Waals surface area contributed by atoms with Gasteiger partial charge in [0.15, 0.2) is 0 Å². The normalized spacial score (nSPS) is 32.2. The van der Waals surface area contributed by atoms with E-state index in [9.17, 15) is 14.7 Å². The maximum Gasteiger partial charge on any atom is 0.317 e. The van der Waals surface area contributed by atoms with Crippen LogP contribution in [0.1, 0.15) is 44.1 Å². The lowest BCUT2D eigenvalue weighted by Gasteiger charge is -2.23. The molecule has 2 amide bonds. The molecule has 0 aromatic heterocycles. The van der Waals surface area contributed by atoms with Gasteiger partial charge < -0.3 is 20.1 Å². The highest BCUT2D eigenvalue weighted by molar-refractivity contribution is 5.81. The number of hydrogen-bond donors (Lipinski definition) is 2. The topological polar surface area (TPSA) is 78.9 Å². The van der Waals surface area contributed by atoms with Crippen LogP contribution in [0.25, 0.3) is 0 Å². The molecule has 0 spiro atoms. The number of carboxylic acids is 1.